The number of allylic oxidation sites excluding steroid dienone is 3. The maximum absolute atomic E-state index is 10.3. The molecule has 2 bridgehead atoms. The van der Waals surface area contributed by atoms with Gasteiger partial charge in [0, 0.05) is 5.92 Å². The Labute approximate surface area is 99.3 Å². The fourth-order valence-corrected chi connectivity index (χ4v) is 3.30. The lowest BCUT2D eigenvalue weighted by atomic mass is 9.61. The molecule has 1 N–H and O–H groups in total. The summed E-state index contributed by atoms with van der Waals surface area (Å²) in [5.74, 6) is 2.44. The molecule has 3 aliphatic carbocycles. The van der Waals surface area contributed by atoms with E-state index in [1.807, 2.05) is 13.8 Å². The second-order valence-electron chi connectivity index (χ2n) is 6.37. The third-order valence-corrected chi connectivity index (χ3v) is 4.32. The van der Waals surface area contributed by atoms with Crippen LogP contribution in [-0.4, -0.2) is 10.7 Å². The summed E-state index contributed by atoms with van der Waals surface area (Å²) in [5.41, 5.74) is 2.08. The second-order valence-corrected chi connectivity index (χ2v) is 6.37. The minimum atomic E-state index is -0.659. The minimum absolute atomic E-state index is 0.463. The molecular weight excluding hydrogens is 196 g/mol. The molecular formula is C15H24O. The van der Waals surface area contributed by atoms with E-state index < -0.39 is 5.60 Å². The zero-order valence-electron chi connectivity index (χ0n) is 11.1. The van der Waals surface area contributed by atoms with E-state index >= 15 is 0 Å². The molecule has 1 heteroatoms. The first kappa shape index (κ1) is 11.9. The molecule has 0 aliphatic heterocycles. The van der Waals surface area contributed by atoms with Gasteiger partial charge in [-0.25, -0.2) is 0 Å². The molecule has 0 aromatic heterocycles. The Kier molecular flexibility index (Phi) is 2.78. The van der Waals surface area contributed by atoms with Crippen molar-refractivity contribution in [2.75, 3.05) is 0 Å². The molecule has 1 nitrogen and oxygen atoms in total. The van der Waals surface area contributed by atoms with Crippen LogP contribution in [0, 0.1) is 23.7 Å². The fraction of sp³-hybridized carbons (Fsp3) is 0.733. The van der Waals surface area contributed by atoms with Crippen LogP contribution in [0.15, 0.2) is 23.3 Å². The van der Waals surface area contributed by atoms with Crippen molar-refractivity contribution >= 4 is 0 Å². The lowest BCUT2D eigenvalue weighted by Gasteiger charge is -2.45. The molecule has 0 unspecified atom stereocenters. The molecule has 0 saturated carbocycles. The van der Waals surface area contributed by atoms with E-state index in [0.717, 1.165) is 0 Å². The van der Waals surface area contributed by atoms with Gasteiger partial charge in [-0.3, -0.25) is 0 Å². The van der Waals surface area contributed by atoms with Gasteiger partial charge in [0.15, 0.2) is 0 Å². The predicted octanol–water partition coefficient (Wildman–Crippen LogP) is 3.55. The van der Waals surface area contributed by atoms with Crippen molar-refractivity contribution in [3.05, 3.63) is 23.3 Å². The van der Waals surface area contributed by atoms with Crippen molar-refractivity contribution in [2.24, 2.45) is 23.7 Å². The lowest BCUT2D eigenvalue weighted by Crippen LogP contribution is -2.39. The Hall–Kier alpha value is -0.560. The van der Waals surface area contributed by atoms with Crippen molar-refractivity contribution in [3.63, 3.8) is 0 Å². The summed E-state index contributed by atoms with van der Waals surface area (Å²) >= 11 is 0. The molecule has 0 aromatic carbocycles. The van der Waals surface area contributed by atoms with E-state index in [1.165, 1.54) is 17.6 Å². The summed E-state index contributed by atoms with van der Waals surface area (Å²) in [7, 11) is 0. The van der Waals surface area contributed by atoms with Crippen LogP contribution in [-0.2, 0) is 0 Å². The number of fused-ring (bicyclic) bond motifs is 1. The molecule has 0 radical (unpaired) electrons. The maximum Gasteiger partial charge on any atom is 0.0806 e. The third kappa shape index (κ3) is 1.86. The first-order valence-corrected chi connectivity index (χ1v) is 6.43. The van der Waals surface area contributed by atoms with Crippen molar-refractivity contribution in [2.45, 2.75) is 46.6 Å². The van der Waals surface area contributed by atoms with Gasteiger partial charge in [-0.15, -0.1) is 0 Å². The quantitative estimate of drug-likeness (QED) is 0.706. The highest BCUT2D eigenvalue weighted by atomic mass is 16.3. The van der Waals surface area contributed by atoms with Gasteiger partial charge in [-0.05, 0) is 50.5 Å². The van der Waals surface area contributed by atoms with Crippen LogP contribution in [0.4, 0.5) is 0 Å². The van der Waals surface area contributed by atoms with Crippen molar-refractivity contribution in [3.8, 4) is 0 Å². The monoisotopic (exact) mass is 220 g/mol. The van der Waals surface area contributed by atoms with E-state index in [0.29, 0.717) is 23.7 Å². The first-order valence-electron chi connectivity index (χ1n) is 6.43. The third-order valence-electron chi connectivity index (χ3n) is 4.32. The van der Waals surface area contributed by atoms with Gasteiger partial charge in [-0.1, -0.05) is 31.6 Å². The van der Waals surface area contributed by atoms with Crippen molar-refractivity contribution < 1.29 is 5.11 Å². The SMILES string of the molecule is CC1=C[C@@H]2C(C(C)(C)O)=C[C@H]1C[C@@H]2C(C)C. The van der Waals surface area contributed by atoms with E-state index in [-0.39, 0.29) is 0 Å². The summed E-state index contributed by atoms with van der Waals surface area (Å²) in [6.07, 6.45) is 5.98. The predicted molar refractivity (Wildman–Crippen MR) is 68.1 cm³/mol. The molecule has 0 aromatic rings. The number of aliphatic hydroxyl groups is 1. The topological polar surface area (TPSA) is 20.2 Å². The highest BCUT2D eigenvalue weighted by Gasteiger charge is 2.41. The summed E-state index contributed by atoms with van der Waals surface area (Å²) in [5, 5.41) is 10.3. The molecule has 3 rings (SSSR count). The zero-order valence-corrected chi connectivity index (χ0v) is 11.1. The van der Waals surface area contributed by atoms with Gasteiger partial charge in [0.05, 0.1) is 5.60 Å². The maximum atomic E-state index is 10.3. The molecule has 3 aliphatic rings. The lowest BCUT2D eigenvalue weighted by molar-refractivity contribution is 0.0903. The summed E-state index contributed by atoms with van der Waals surface area (Å²) in [4.78, 5) is 0. The van der Waals surface area contributed by atoms with Crippen LogP contribution < -0.4 is 0 Å². The van der Waals surface area contributed by atoms with Crippen LogP contribution in [0.3, 0.4) is 0 Å². The normalized spacial score (nSPS) is 34.1. The standard InChI is InChI=1S/C15H24O/c1-9(2)12-7-11-8-14(15(4,5)16)13(12)6-10(11)3/h6,8-9,11-13,16H,7H2,1-5H3/t11-,12-,13+/m1/s1. The molecule has 0 spiro atoms. The summed E-state index contributed by atoms with van der Waals surface area (Å²) < 4.78 is 0. The van der Waals surface area contributed by atoms with E-state index in [2.05, 4.69) is 32.9 Å². The van der Waals surface area contributed by atoms with E-state index in [9.17, 15) is 5.11 Å². The van der Waals surface area contributed by atoms with Gasteiger partial charge in [0.25, 0.3) is 0 Å². The van der Waals surface area contributed by atoms with Gasteiger partial charge in [0.1, 0.15) is 0 Å². The average molecular weight is 220 g/mol. The molecule has 16 heavy (non-hydrogen) atoms. The average Bonchev–Trinajstić information content (AvgIpc) is 2.15. The molecule has 3 atom stereocenters. The molecule has 0 saturated heterocycles. The Bertz CT molecular complexity index is 341. The summed E-state index contributed by atoms with van der Waals surface area (Å²) in [6.45, 7) is 10.7. The molecule has 0 fully saturated rings. The second kappa shape index (κ2) is 3.73. The Morgan fingerprint density at radius 3 is 2.38 bits per heavy atom. The summed E-state index contributed by atoms with van der Waals surface area (Å²) in [6, 6.07) is 0. The van der Waals surface area contributed by atoms with Crippen LogP contribution in [0.25, 0.3) is 0 Å². The van der Waals surface area contributed by atoms with Gasteiger partial charge >= 0.3 is 0 Å². The minimum Gasteiger partial charge on any atom is -0.386 e. The fourth-order valence-electron chi connectivity index (χ4n) is 3.30. The Balaban J connectivity index is 2.36. The molecule has 90 valence electrons. The van der Waals surface area contributed by atoms with Crippen LogP contribution in [0.2, 0.25) is 0 Å². The largest absolute Gasteiger partial charge is 0.386 e. The number of hydrogen-bond acceptors (Lipinski definition) is 1. The highest BCUT2D eigenvalue weighted by molar-refractivity contribution is 5.36. The van der Waals surface area contributed by atoms with Crippen LogP contribution in [0.5, 0.6) is 0 Å². The highest BCUT2D eigenvalue weighted by Crippen LogP contribution is 2.49. The van der Waals surface area contributed by atoms with Gasteiger partial charge < -0.3 is 5.11 Å². The van der Waals surface area contributed by atoms with Gasteiger partial charge in [0.2, 0.25) is 0 Å². The number of rotatable bonds is 2. The van der Waals surface area contributed by atoms with Crippen molar-refractivity contribution in [1.82, 2.24) is 0 Å². The van der Waals surface area contributed by atoms with E-state index in [4.69, 9.17) is 0 Å². The van der Waals surface area contributed by atoms with Crippen LogP contribution in [0.1, 0.15) is 41.0 Å². The Morgan fingerprint density at radius 1 is 1.31 bits per heavy atom. The number of hydrogen-bond donors (Lipinski definition) is 1. The zero-order chi connectivity index (χ0) is 12.1. The van der Waals surface area contributed by atoms with Gasteiger partial charge in [-0.2, -0.15) is 0 Å². The smallest absolute Gasteiger partial charge is 0.0806 e. The first-order chi connectivity index (χ1) is 7.30. The Morgan fingerprint density at radius 2 is 1.94 bits per heavy atom. The van der Waals surface area contributed by atoms with E-state index in [1.54, 1.807) is 0 Å². The van der Waals surface area contributed by atoms with Crippen molar-refractivity contribution in [1.29, 1.82) is 0 Å². The molecule has 0 heterocycles. The van der Waals surface area contributed by atoms with Crippen LogP contribution >= 0.6 is 0 Å². The molecule has 0 amide bonds.